The van der Waals surface area contributed by atoms with Crippen LogP contribution >= 0.6 is 0 Å². The van der Waals surface area contributed by atoms with Gasteiger partial charge in [0, 0.05) is 18.9 Å². The van der Waals surface area contributed by atoms with E-state index in [-0.39, 0.29) is 24.5 Å². The number of carbonyl (C=O) groups excluding carboxylic acids is 1. The number of nitro groups is 1. The second kappa shape index (κ2) is 10.2. The first-order valence-corrected chi connectivity index (χ1v) is 9.98. The fraction of sp³-hybridized carbons (Fsp3) is 0.409. The zero-order valence-electron chi connectivity index (χ0n) is 17.3. The highest BCUT2D eigenvalue weighted by Crippen LogP contribution is 2.32. The second-order valence-corrected chi connectivity index (χ2v) is 7.45. The molecule has 0 radical (unpaired) electrons. The molecule has 0 unspecified atom stereocenters. The molecule has 0 saturated carbocycles. The van der Waals surface area contributed by atoms with E-state index in [9.17, 15) is 14.9 Å². The number of nitrogens with one attached hydrogen (secondary N) is 1. The van der Waals surface area contributed by atoms with Crippen LogP contribution < -0.4 is 5.32 Å². The van der Waals surface area contributed by atoms with Gasteiger partial charge in [-0.2, -0.15) is 0 Å². The van der Waals surface area contributed by atoms with Crippen LogP contribution in [0.1, 0.15) is 34.7 Å². The SMILES string of the molecule is COCCOC(=O)c1ccc(Nc2cccc(C3CCN(C)CC3)c2)c([N+](=O)[O-])c1. The molecule has 160 valence electrons. The highest BCUT2D eigenvalue weighted by molar-refractivity contribution is 5.91. The molecule has 0 aromatic heterocycles. The average molecular weight is 413 g/mol. The van der Waals surface area contributed by atoms with Gasteiger partial charge in [-0.15, -0.1) is 0 Å². The summed E-state index contributed by atoms with van der Waals surface area (Å²) in [6, 6.07) is 12.3. The van der Waals surface area contributed by atoms with Gasteiger partial charge in [0.1, 0.15) is 12.3 Å². The van der Waals surface area contributed by atoms with E-state index >= 15 is 0 Å². The summed E-state index contributed by atoms with van der Waals surface area (Å²) in [4.78, 5) is 25.5. The Labute approximate surface area is 175 Å². The van der Waals surface area contributed by atoms with Crippen LogP contribution in [0.3, 0.4) is 0 Å². The number of likely N-dealkylation sites (tertiary alicyclic amines) is 1. The molecule has 0 aliphatic carbocycles. The molecule has 0 atom stereocenters. The topological polar surface area (TPSA) is 93.9 Å². The third kappa shape index (κ3) is 5.55. The second-order valence-electron chi connectivity index (χ2n) is 7.45. The summed E-state index contributed by atoms with van der Waals surface area (Å²) >= 11 is 0. The van der Waals surface area contributed by atoms with E-state index in [1.165, 1.54) is 30.9 Å². The summed E-state index contributed by atoms with van der Waals surface area (Å²) in [7, 11) is 3.63. The van der Waals surface area contributed by atoms with Crippen molar-refractivity contribution in [2.24, 2.45) is 0 Å². The Bertz CT molecular complexity index is 894. The lowest BCUT2D eigenvalue weighted by molar-refractivity contribution is -0.383. The lowest BCUT2D eigenvalue weighted by atomic mass is 9.89. The summed E-state index contributed by atoms with van der Waals surface area (Å²) in [6.45, 7) is 2.49. The number of ether oxygens (including phenoxy) is 2. The van der Waals surface area contributed by atoms with Crippen LogP contribution in [0.5, 0.6) is 0 Å². The number of esters is 1. The molecular weight excluding hydrogens is 386 g/mol. The summed E-state index contributed by atoms with van der Waals surface area (Å²) in [5, 5.41) is 14.7. The summed E-state index contributed by atoms with van der Waals surface area (Å²) in [5.41, 5.74) is 2.29. The van der Waals surface area contributed by atoms with Crippen LogP contribution in [0.25, 0.3) is 0 Å². The zero-order valence-corrected chi connectivity index (χ0v) is 17.3. The van der Waals surface area contributed by atoms with Crippen LogP contribution in [-0.4, -0.2) is 56.3 Å². The number of nitro benzene ring substituents is 1. The molecular formula is C22H27N3O5. The van der Waals surface area contributed by atoms with Crippen molar-refractivity contribution in [1.29, 1.82) is 0 Å². The fourth-order valence-corrected chi connectivity index (χ4v) is 3.58. The Morgan fingerprint density at radius 1 is 1.20 bits per heavy atom. The third-order valence-electron chi connectivity index (χ3n) is 5.31. The number of nitrogens with zero attached hydrogens (tertiary/aromatic N) is 2. The van der Waals surface area contributed by atoms with Gasteiger partial charge in [0.15, 0.2) is 0 Å². The van der Waals surface area contributed by atoms with Crippen molar-refractivity contribution in [2.45, 2.75) is 18.8 Å². The molecule has 2 aromatic rings. The van der Waals surface area contributed by atoms with E-state index in [4.69, 9.17) is 9.47 Å². The van der Waals surface area contributed by atoms with Gasteiger partial charge in [-0.25, -0.2) is 4.79 Å². The molecule has 1 heterocycles. The molecule has 1 fully saturated rings. The standard InChI is InChI=1S/C22H27N3O5/c1-24-10-8-16(9-11-24)17-4-3-5-19(14-17)23-20-7-6-18(15-21(20)25(27)28)22(26)30-13-12-29-2/h3-7,14-16,23H,8-13H2,1-2H3. The van der Waals surface area contributed by atoms with E-state index in [1.807, 2.05) is 18.2 Å². The van der Waals surface area contributed by atoms with Gasteiger partial charge in [0.25, 0.3) is 5.69 Å². The predicted octanol–water partition coefficient (Wildman–Crippen LogP) is 3.95. The normalized spacial score (nSPS) is 15.0. The minimum atomic E-state index is -0.619. The number of hydrogen-bond donors (Lipinski definition) is 1. The van der Waals surface area contributed by atoms with Crippen molar-refractivity contribution in [2.75, 3.05) is 45.8 Å². The highest BCUT2D eigenvalue weighted by atomic mass is 16.6. The van der Waals surface area contributed by atoms with Crippen LogP contribution in [0, 0.1) is 10.1 Å². The maximum Gasteiger partial charge on any atom is 0.338 e. The van der Waals surface area contributed by atoms with Gasteiger partial charge in [0.05, 0.1) is 17.1 Å². The summed E-state index contributed by atoms with van der Waals surface area (Å²) < 4.78 is 9.88. The van der Waals surface area contributed by atoms with Crippen molar-refractivity contribution < 1.29 is 19.2 Å². The smallest absolute Gasteiger partial charge is 0.338 e. The lowest BCUT2D eigenvalue weighted by Crippen LogP contribution is -2.29. The van der Waals surface area contributed by atoms with E-state index in [0.29, 0.717) is 11.6 Å². The van der Waals surface area contributed by atoms with Gasteiger partial charge in [0.2, 0.25) is 0 Å². The molecule has 2 aromatic carbocycles. The fourth-order valence-electron chi connectivity index (χ4n) is 3.58. The highest BCUT2D eigenvalue weighted by Gasteiger charge is 2.21. The van der Waals surface area contributed by atoms with Gasteiger partial charge in [-0.05, 0) is 68.7 Å². The monoisotopic (exact) mass is 413 g/mol. The molecule has 8 heteroatoms. The Hall–Kier alpha value is -2.97. The maximum atomic E-state index is 12.1. The first-order valence-electron chi connectivity index (χ1n) is 9.98. The number of benzene rings is 2. The molecule has 1 N–H and O–H groups in total. The van der Waals surface area contributed by atoms with E-state index in [2.05, 4.69) is 23.3 Å². The number of methoxy groups -OCH3 is 1. The van der Waals surface area contributed by atoms with Crippen molar-refractivity contribution in [1.82, 2.24) is 4.90 Å². The van der Waals surface area contributed by atoms with Gasteiger partial charge < -0.3 is 19.7 Å². The Kier molecular flexibility index (Phi) is 7.37. The van der Waals surface area contributed by atoms with Gasteiger partial charge >= 0.3 is 5.97 Å². The lowest BCUT2D eigenvalue weighted by Gasteiger charge is -2.29. The van der Waals surface area contributed by atoms with Crippen LogP contribution in [-0.2, 0) is 9.47 Å². The summed E-state index contributed by atoms with van der Waals surface area (Å²) in [6.07, 6.45) is 2.19. The van der Waals surface area contributed by atoms with Gasteiger partial charge in [-0.3, -0.25) is 10.1 Å². The Balaban J connectivity index is 1.76. The minimum Gasteiger partial charge on any atom is -0.460 e. The van der Waals surface area contributed by atoms with Crippen molar-refractivity contribution in [3.63, 3.8) is 0 Å². The van der Waals surface area contributed by atoms with E-state index in [1.54, 1.807) is 0 Å². The molecule has 1 aliphatic rings. The number of piperidine rings is 1. The average Bonchev–Trinajstić information content (AvgIpc) is 2.74. The molecule has 8 nitrogen and oxygen atoms in total. The van der Waals surface area contributed by atoms with Crippen LogP contribution in [0.4, 0.5) is 17.1 Å². The first-order chi connectivity index (χ1) is 14.5. The number of carbonyl (C=O) groups is 1. The molecule has 3 rings (SSSR count). The number of rotatable bonds is 8. The Morgan fingerprint density at radius 2 is 1.97 bits per heavy atom. The molecule has 0 bridgehead atoms. The number of hydrogen-bond acceptors (Lipinski definition) is 7. The Morgan fingerprint density at radius 3 is 2.67 bits per heavy atom. The third-order valence-corrected chi connectivity index (χ3v) is 5.31. The van der Waals surface area contributed by atoms with Crippen LogP contribution in [0.15, 0.2) is 42.5 Å². The first kappa shape index (κ1) is 21.7. The van der Waals surface area contributed by atoms with E-state index in [0.717, 1.165) is 31.6 Å². The van der Waals surface area contributed by atoms with Crippen molar-refractivity contribution >= 4 is 23.0 Å². The minimum absolute atomic E-state index is 0.0902. The molecule has 0 spiro atoms. The quantitative estimate of drug-likeness (QED) is 0.303. The van der Waals surface area contributed by atoms with Gasteiger partial charge in [-0.1, -0.05) is 12.1 Å². The molecule has 30 heavy (non-hydrogen) atoms. The molecule has 1 saturated heterocycles. The van der Waals surface area contributed by atoms with Crippen molar-refractivity contribution in [3.05, 3.63) is 63.7 Å². The van der Waals surface area contributed by atoms with Crippen LogP contribution in [0.2, 0.25) is 0 Å². The summed E-state index contributed by atoms with van der Waals surface area (Å²) in [5.74, 6) is -0.131. The number of anilines is 2. The van der Waals surface area contributed by atoms with E-state index < -0.39 is 10.9 Å². The maximum absolute atomic E-state index is 12.1. The molecule has 0 amide bonds. The van der Waals surface area contributed by atoms with Crippen molar-refractivity contribution in [3.8, 4) is 0 Å². The predicted molar refractivity (Wildman–Crippen MR) is 114 cm³/mol. The largest absolute Gasteiger partial charge is 0.460 e. The molecule has 1 aliphatic heterocycles. The zero-order chi connectivity index (χ0) is 21.5.